The van der Waals surface area contributed by atoms with Gasteiger partial charge >= 0.3 is 0 Å². The zero-order valence-corrected chi connectivity index (χ0v) is 14.2. The fraction of sp³-hybridized carbons (Fsp3) is 0.211. The van der Waals surface area contributed by atoms with Crippen LogP contribution in [0.25, 0.3) is 0 Å². The van der Waals surface area contributed by atoms with Gasteiger partial charge in [0, 0.05) is 37.7 Å². The minimum atomic E-state index is 0.515. The minimum absolute atomic E-state index is 0.515. The lowest BCUT2D eigenvalue weighted by atomic mass is 10.1. The molecular formula is C19H19N5O. The number of nitriles is 1. The molecule has 0 atom stereocenters. The van der Waals surface area contributed by atoms with Gasteiger partial charge in [0.15, 0.2) is 0 Å². The number of aromatic nitrogens is 1. The Hall–Kier alpha value is -3.33. The lowest BCUT2D eigenvalue weighted by Crippen LogP contribution is -2.29. The predicted molar refractivity (Wildman–Crippen MR) is 96.0 cm³/mol. The highest BCUT2D eigenvalue weighted by Crippen LogP contribution is 2.21. The van der Waals surface area contributed by atoms with Crippen molar-refractivity contribution in [3.63, 3.8) is 0 Å². The van der Waals surface area contributed by atoms with E-state index in [0.29, 0.717) is 24.4 Å². The van der Waals surface area contributed by atoms with E-state index in [9.17, 15) is 0 Å². The molecule has 0 fully saturated rings. The number of nitrogens with zero attached hydrogens (tertiary/aromatic N) is 4. The van der Waals surface area contributed by atoms with Crippen molar-refractivity contribution in [1.29, 1.82) is 5.26 Å². The molecule has 0 bridgehead atoms. The molecule has 0 spiro atoms. The molecule has 0 radical (unpaired) electrons. The largest absolute Gasteiger partial charge is 0.495 e. The zero-order valence-electron chi connectivity index (χ0n) is 14.2. The third-order valence-corrected chi connectivity index (χ3v) is 3.85. The average Bonchev–Trinajstić information content (AvgIpc) is 2.66. The van der Waals surface area contributed by atoms with E-state index in [1.165, 1.54) is 0 Å². The Morgan fingerprint density at radius 1 is 1.36 bits per heavy atom. The van der Waals surface area contributed by atoms with E-state index in [-0.39, 0.29) is 0 Å². The lowest BCUT2D eigenvalue weighted by Gasteiger charge is -2.23. The third kappa shape index (κ3) is 3.96. The molecule has 0 unspecified atom stereocenters. The molecule has 2 heterocycles. The first kappa shape index (κ1) is 16.5. The molecule has 0 amide bonds. The Kier molecular flexibility index (Phi) is 4.95. The van der Waals surface area contributed by atoms with E-state index < -0.39 is 0 Å². The molecule has 3 rings (SSSR count). The number of hydrogen-bond donors (Lipinski definition) is 1. The highest BCUT2D eigenvalue weighted by molar-refractivity contribution is 6.03. The topological polar surface area (TPSA) is 73.5 Å². The maximum Gasteiger partial charge on any atom is 0.142 e. The van der Waals surface area contributed by atoms with Gasteiger partial charge in [-0.3, -0.25) is 4.98 Å². The average molecular weight is 333 g/mol. The van der Waals surface area contributed by atoms with Crippen LogP contribution in [-0.4, -0.2) is 36.3 Å². The van der Waals surface area contributed by atoms with Gasteiger partial charge in [-0.2, -0.15) is 5.26 Å². The molecule has 25 heavy (non-hydrogen) atoms. The number of aliphatic imine (C=N–C) groups is 1. The summed E-state index contributed by atoms with van der Waals surface area (Å²) in [5.74, 6) is 1.35. The number of nitrogens with one attached hydrogen (secondary N) is 1. The van der Waals surface area contributed by atoms with Crippen LogP contribution in [0.3, 0.4) is 0 Å². The second-order valence-electron chi connectivity index (χ2n) is 5.73. The van der Waals surface area contributed by atoms with Gasteiger partial charge in [0.1, 0.15) is 17.6 Å². The van der Waals surface area contributed by atoms with Crippen LogP contribution in [0.5, 0.6) is 5.75 Å². The van der Waals surface area contributed by atoms with Crippen LogP contribution in [0.1, 0.15) is 16.7 Å². The Morgan fingerprint density at radius 2 is 2.24 bits per heavy atom. The van der Waals surface area contributed by atoms with Crippen LogP contribution < -0.4 is 10.1 Å². The molecular weight excluding hydrogens is 314 g/mol. The number of methoxy groups -OCH3 is 1. The quantitative estimate of drug-likeness (QED) is 0.909. The summed E-state index contributed by atoms with van der Waals surface area (Å²) in [6, 6.07) is 11.6. The molecule has 0 aliphatic carbocycles. The van der Waals surface area contributed by atoms with Crippen LogP contribution >= 0.6 is 0 Å². The fourth-order valence-corrected chi connectivity index (χ4v) is 2.60. The Morgan fingerprint density at radius 3 is 2.96 bits per heavy atom. The van der Waals surface area contributed by atoms with E-state index >= 15 is 0 Å². The van der Waals surface area contributed by atoms with Crippen LogP contribution in [0.15, 0.2) is 59.7 Å². The standard InChI is InChI=1S/C19H19N5O/c1-24-12-17(15-5-6-16(9-20)18(8-15)25-2)23-19(13-24)22-11-14-4-3-7-21-10-14/h3-8,10,13,22H,11-12H2,1-2H3. The molecule has 1 aromatic carbocycles. The highest BCUT2D eigenvalue weighted by Gasteiger charge is 2.15. The fourth-order valence-electron chi connectivity index (χ4n) is 2.60. The van der Waals surface area contributed by atoms with Crippen molar-refractivity contribution in [2.75, 3.05) is 20.7 Å². The van der Waals surface area contributed by atoms with Gasteiger partial charge in [-0.15, -0.1) is 0 Å². The van der Waals surface area contributed by atoms with Gasteiger partial charge < -0.3 is 15.0 Å². The first-order chi connectivity index (χ1) is 12.2. The molecule has 1 N–H and O–H groups in total. The number of benzene rings is 1. The van der Waals surface area contributed by atoms with E-state index in [0.717, 1.165) is 22.7 Å². The molecule has 1 aliphatic heterocycles. The van der Waals surface area contributed by atoms with Crippen molar-refractivity contribution in [3.8, 4) is 11.8 Å². The highest BCUT2D eigenvalue weighted by atomic mass is 16.5. The molecule has 1 aliphatic rings. The summed E-state index contributed by atoms with van der Waals surface area (Å²) in [6.07, 6.45) is 5.56. The lowest BCUT2D eigenvalue weighted by molar-refractivity contribution is 0.413. The van der Waals surface area contributed by atoms with Gasteiger partial charge in [-0.25, -0.2) is 4.99 Å². The van der Waals surface area contributed by atoms with Crippen LogP contribution in [0.4, 0.5) is 0 Å². The third-order valence-electron chi connectivity index (χ3n) is 3.85. The first-order valence-corrected chi connectivity index (χ1v) is 7.90. The van der Waals surface area contributed by atoms with Crippen LogP contribution in [0.2, 0.25) is 0 Å². The molecule has 0 saturated carbocycles. The molecule has 0 saturated heterocycles. The number of ether oxygens (including phenoxy) is 1. The normalized spacial score (nSPS) is 13.6. The van der Waals surface area contributed by atoms with Crippen molar-refractivity contribution >= 4 is 5.71 Å². The maximum absolute atomic E-state index is 9.12. The Labute approximate surface area is 147 Å². The summed E-state index contributed by atoms with van der Waals surface area (Å²) in [6.45, 7) is 1.34. The molecule has 1 aromatic heterocycles. The van der Waals surface area contributed by atoms with Crippen molar-refractivity contribution in [3.05, 3.63) is 71.4 Å². The summed E-state index contributed by atoms with van der Waals surface area (Å²) in [5.41, 5.74) is 3.47. The van der Waals surface area contributed by atoms with Crippen molar-refractivity contribution in [2.45, 2.75) is 6.54 Å². The minimum Gasteiger partial charge on any atom is -0.495 e. The molecule has 6 nitrogen and oxygen atoms in total. The summed E-state index contributed by atoms with van der Waals surface area (Å²) < 4.78 is 5.30. The second-order valence-corrected chi connectivity index (χ2v) is 5.73. The van der Waals surface area contributed by atoms with Crippen molar-refractivity contribution < 1.29 is 4.74 Å². The van der Waals surface area contributed by atoms with Gasteiger partial charge in [0.05, 0.1) is 24.9 Å². The number of hydrogen-bond acceptors (Lipinski definition) is 6. The molecule has 126 valence electrons. The first-order valence-electron chi connectivity index (χ1n) is 7.90. The second kappa shape index (κ2) is 7.49. The SMILES string of the molecule is COc1cc(C2=NC(NCc3cccnc3)=CN(C)C2)ccc1C#N. The Bertz CT molecular complexity index is 852. The van der Waals surface area contributed by atoms with Crippen molar-refractivity contribution in [2.24, 2.45) is 4.99 Å². The van der Waals surface area contributed by atoms with Crippen molar-refractivity contribution in [1.82, 2.24) is 15.2 Å². The van der Waals surface area contributed by atoms with Crippen LogP contribution in [-0.2, 0) is 6.54 Å². The number of pyridine rings is 1. The monoisotopic (exact) mass is 333 g/mol. The predicted octanol–water partition coefficient (Wildman–Crippen LogP) is 2.29. The maximum atomic E-state index is 9.12. The van der Waals surface area contributed by atoms with E-state index in [2.05, 4.69) is 21.3 Å². The van der Waals surface area contributed by atoms with E-state index in [4.69, 9.17) is 15.0 Å². The van der Waals surface area contributed by atoms with Gasteiger partial charge in [-0.05, 0) is 23.8 Å². The van der Waals surface area contributed by atoms with Gasteiger partial charge in [-0.1, -0.05) is 12.1 Å². The molecule has 6 heteroatoms. The van der Waals surface area contributed by atoms with E-state index in [1.54, 1.807) is 19.4 Å². The number of likely N-dealkylation sites (N-methyl/N-ethyl adjacent to an activating group) is 1. The Balaban J connectivity index is 1.81. The van der Waals surface area contributed by atoms with Crippen LogP contribution in [0, 0.1) is 11.3 Å². The summed E-state index contributed by atoms with van der Waals surface area (Å²) >= 11 is 0. The van der Waals surface area contributed by atoms with Gasteiger partial charge in [0.25, 0.3) is 0 Å². The summed E-state index contributed by atoms with van der Waals surface area (Å²) in [5, 5.41) is 12.4. The van der Waals surface area contributed by atoms with E-state index in [1.807, 2.05) is 43.7 Å². The number of rotatable bonds is 5. The zero-order chi connectivity index (χ0) is 17.6. The molecule has 2 aromatic rings. The van der Waals surface area contributed by atoms with Gasteiger partial charge in [0.2, 0.25) is 0 Å². The summed E-state index contributed by atoms with van der Waals surface area (Å²) in [4.78, 5) is 10.9. The smallest absolute Gasteiger partial charge is 0.142 e. The summed E-state index contributed by atoms with van der Waals surface area (Å²) in [7, 11) is 3.57.